The number of hydrogen-bond acceptors (Lipinski definition) is 3. The van der Waals surface area contributed by atoms with E-state index >= 15 is 0 Å². The van der Waals surface area contributed by atoms with E-state index in [1.165, 1.54) is 18.2 Å². The molecule has 0 atom stereocenters. The molecule has 0 aliphatic carbocycles. The summed E-state index contributed by atoms with van der Waals surface area (Å²) >= 11 is 4.91. The molecule has 0 aliphatic heterocycles. The molecule has 0 radical (unpaired) electrons. The van der Waals surface area contributed by atoms with Crippen molar-refractivity contribution in [2.75, 3.05) is 0 Å². The molecule has 2 nitrogen and oxygen atoms in total. The first-order valence-electron chi connectivity index (χ1n) is 6.22. The van der Waals surface area contributed by atoms with Crippen LogP contribution in [0.4, 0.5) is 4.39 Å². The molecule has 0 bridgehead atoms. The van der Waals surface area contributed by atoms with Gasteiger partial charge in [0.05, 0.1) is 0 Å². The Morgan fingerprint density at radius 3 is 2.62 bits per heavy atom. The van der Waals surface area contributed by atoms with Crippen LogP contribution in [0.3, 0.4) is 0 Å². The predicted molar refractivity (Wildman–Crippen MR) is 86.1 cm³/mol. The Bertz CT molecular complexity index is 843. The van der Waals surface area contributed by atoms with Crippen molar-refractivity contribution in [3.63, 3.8) is 0 Å². The van der Waals surface area contributed by atoms with Gasteiger partial charge in [-0.25, -0.2) is 9.18 Å². The van der Waals surface area contributed by atoms with Crippen molar-refractivity contribution in [2.24, 2.45) is 0 Å². The predicted octanol–water partition coefficient (Wildman–Crippen LogP) is 4.99. The van der Waals surface area contributed by atoms with E-state index in [9.17, 15) is 9.18 Å². The highest BCUT2D eigenvalue weighted by Gasteiger charge is 2.07. The second-order valence-electron chi connectivity index (χ2n) is 4.47. The van der Waals surface area contributed by atoms with E-state index in [-0.39, 0.29) is 11.4 Å². The van der Waals surface area contributed by atoms with Gasteiger partial charge in [0.15, 0.2) is 0 Å². The topological polar surface area (TPSA) is 30.2 Å². The third-order valence-corrected chi connectivity index (χ3v) is 4.55. The lowest BCUT2D eigenvalue weighted by atomic mass is 10.1. The molecular weight excluding hydrogens is 355 g/mol. The van der Waals surface area contributed by atoms with Gasteiger partial charge in [0.2, 0.25) is 0 Å². The third-order valence-electron chi connectivity index (χ3n) is 3.00. The van der Waals surface area contributed by atoms with E-state index in [2.05, 4.69) is 15.9 Å². The van der Waals surface area contributed by atoms with Crippen LogP contribution in [0.25, 0.3) is 11.0 Å². The number of hydrogen-bond donors (Lipinski definition) is 0. The Labute approximate surface area is 133 Å². The zero-order chi connectivity index (χ0) is 14.8. The van der Waals surface area contributed by atoms with Crippen molar-refractivity contribution in [1.29, 1.82) is 0 Å². The summed E-state index contributed by atoms with van der Waals surface area (Å²) in [6.07, 6.45) is 0. The van der Waals surface area contributed by atoms with Gasteiger partial charge < -0.3 is 4.42 Å². The van der Waals surface area contributed by atoms with E-state index in [0.717, 1.165) is 20.3 Å². The largest absolute Gasteiger partial charge is 0.423 e. The van der Waals surface area contributed by atoms with E-state index in [4.69, 9.17) is 4.42 Å². The molecular formula is C16H10BrFO2S. The molecule has 1 aromatic heterocycles. The second kappa shape index (κ2) is 6.03. The lowest BCUT2D eigenvalue weighted by molar-refractivity contribution is 0.559. The van der Waals surface area contributed by atoms with Gasteiger partial charge in [-0.2, -0.15) is 0 Å². The van der Waals surface area contributed by atoms with Crippen LogP contribution in [0.1, 0.15) is 5.56 Å². The van der Waals surface area contributed by atoms with E-state index in [1.54, 1.807) is 30.0 Å². The molecule has 0 spiro atoms. The first-order valence-corrected chi connectivity index (χ1v) is 8.00. The molecule has 0 fully saturated rings. The monoisotopic (exact) mass is 364 g/mol. The summed E-state index contributed by atoms with van der Waals surface area (Å²) in [5.41, 5.74) is 1.10. The summed E-state index contributed by atoms with van der Waals surface area (Å²) in [6, 6.07) is 13.4. The van der Waals surface area contributed by atoms with E-state index < -0.39 is 0 Å². The zero-order valence-corrected chi connectivity index (χ0v) is 13.2. The SMILES string of the molecule is O=c1cc(CSc2ccc(F)cc2)c2ccc(Br)cc2o1. The van der Waals surface area contributed by atoms with Gasteiger partial charge in [-0.15, -0.1) is 11.8 Å². The molecule has 3 aromatic rings. The van der Waals surface area contributed by atoms with Gasteiger partial charge in [0.25, 0.3) is 0 Å². The number of fused-ring (bicyclic) bond motifs is 1. The maximum absolute atomic E-state index is 12.9. The average Bonchev–Trinajstić information content (AvgIpc) is 2.45. The molecule has 5 heteroatoms. The summed E-state index contributed by atoms with van der Waals surface area (Å²) in [5, 5.41) is 0.910. The zero-order valence-electron chi connectivity index (χ0n) is 10.8. The van der Waals surface area contributed by atoms with Crippen molar-refractivity contribution in [3.8, 4) is 0 Å². The molecule has 3 rings (SSSR count). The van der Waals surface area contributed by atoms with Gasteiger partial charge in [0, 0.05) is 26.6 Å². The molecule has 0 saturated carbocycles. The molecule has 106 valence electrons. The molecule has 0 N–H and O–H groups in total. The fraction of sp³-hybridized carbons (Fsp3) is 0.0625. The summed E-state index contributed by atoms with van der Waals surface area (Å²) in [5.74, 6) is 0.366. The van der Waals surface area contributed by atoms with E-state index in [0.29, 0.717) is 11.3 Å². The smallest absolute Gasteiger partial charge is 0.336 e. The van der Waals surface area contributed by atoms with Crippen molar-refractivity contribution >= 4 is 38.7 Å². The fourth-order valence-electron chi connectivity index (χ4n) is 2.02. The first-order chi connectivity index (χ1) is 10.1. The van der Waals surface area contributed by atoms with Gasteiger partial charge >= 0.3 is 5.63 Å². The Balaban J connectivity index is 1.93. The standard InChI is InChI=1S/C16H10BrFO2S/c17-11-1-6-14-10(7-16(19)20-15(14)8-11)9-21-13-4-2-12(18)3-5-13/h1-8H,9H2. The average molecular weight is 365 g/mol. The number of thioether (sulfide) groups is 1. The van der Waals surface area contributed by atoms with E-state index in [1.807, 2.05) is 12.1 Å². The van der Waals surface area contributed by atoms with Crippen LogP contribution in [-0.2, 0) is 5.75 Å². The van der Waals surface area contributed by atoms with Crippen molar-refractivity contribution in [2.45, 2.75) is 10.6 Å². The normalized spacial score (nSPS) is 11.0. The molecule has 1 heterocycles. The molecule has 0 saturated heterocycles. The van der Waals surface area contributed by atoms with Crippen LogP contribution in [0.5, 0.6) is 0 Å². The fourth-order valence-corrected chi connectivity index (χ4v) is 3.24. The maximum atomic E-state index is 12.9. The van der Waals surface area contributed by atoms with Crippen LogP contribution >= 0.6 is 27.7 Å². The maximum Gasteiger partial charge on any atom is 0.336 e. The first kappa shape index (κ1) is 14.4. The van der Waals surface area contributed by atoms with Crippen molar-refractivity contribution in [1.82, 2.24) is 0 Å². The summed E-state index contributed by atoms with van der Waals surface area (Å²) in [7, 11) is 0. The summed E-state index contributed by atoms with van der Waals surface area (Å²) < 4.78 is 19.0. The highest BCUT2D eigenvalue weighted by molar-refractivity contribution is 9.10. The second-order valence-corrected chi connectivity index (χ2v) is 6.44. The number of benzene rings is 2. The highest BCUT2D eigenvalue weighted by atomic mass is 79.9. The minimum absolute atomic E-state index is 0.255. The Morgan fingerprint density at radius 1 is 1.10 bits per heavy atom. The molecule has 21 heavy (non-hydrogen) atoms. The van der Waals surface area contributed by atoms with Crippen LogP contribution in [0.15, 0.2) is 67.1 Å². The lowest BCUT2D eigenvalue weighted by Crippen LogP contribution is -1.99. The Morgan fingerprint density at radius 2 is 1.86 bits per heavy atom. The molecule has 2 aromatic carbocycles. The third kappa shape index (κ3) is 3.36. The van der Waals surface area contributed by atoms with Crippen LogP contribution in [0, 0.1) is 5.82 Å². The number of rotatable bonds is 3. The van der Waals surface area contributed by atoms with Crippen LogP contribution in [0.2, 0.25) is 0 Å². The van der Waals surface area contributed by atoms with Crippen molar-refractivity contribution < 1.29 is 8.81 Å². The van der Waals surface area contributed by atoms with Gasteiger partial charge in [0.1, 0.15) is 11.4 Å². The Hall–Kier alpha value is -1.59. The molecule has 0 aliphatic rings. The molecule has 0 unspecified atom stereocenters. The lowest BCUT2D eigenvalue weighted by Gasteiger charge is -2.06. The van der Waals surface area contributed by atoms with Gasteiger partial charge in [-0.3, -0.25) is 0 Å². The Kier molecular flexibility index (Phi) is 4.12. The van der Waals surface area contributed by atoms with Crippen molar-refractivity contribution in [3.05, 3.63) is 74.8 Å². The molecule has 0 amide bonds. The van der Waals surface area contributed by atoms with Gasteiger partial charge in [-0.1, -0.05) is 15.9 Å². The quantitative estimate of drug-likeness (QED) is 0.484. The summed E-state index contributed by atoms with van der Waals surface area (Å²) in [4.78, 5) is 12.6. The minimum Gasteiger partial charge on any atom is -0.423 e. The van der Waals surface area contributed by atoms with Crippen LogP contribution < -0.4 is 5.63 Å². The minimum atomic E-state index is -0.365. The number of halogens is 2. The van der Waals surface area contributed by atoms with Crippen LogP contribution in [-0.4, -0.2) is 0 Å². The highest BCUT2D eigenvalue weighted by Crippen LogP contribution is 2.28. The van der Waals surface area contributed by atoms with Gasteiger partial charge in [-0.05, 0) is 48.0 Å². The summed E-state index contributed by atoms with van der Waals surface area (Å²) in [6.45, 7) is 0.